The average molecular weight is 319 g/mol. The van der Waals surface area contributed by atoms with Crippen molar-refractivity contribution in [3.05, 3.63) is 27.4 Å². The maximum Gasteiger partial charge on any atom is 0.449 e. The third kappa shape index (κ3) is 3.58. The average Bonchev–Trinajstić information content (AvgIpc) is 2.34. The zero-order chi connectivity index (χ0) is 16.7. The summed E-state index contributed by atoms with van der Waals surface area (Å²) in [6.45, 7) is 5.07. The van der Waals surface area contributed by atoms with Crippen molar-refractivity contribution in [1.82, 2.24) is 14.9 Å². The number of aromatic amines is 1. The third-order valence-corrected chi connectivity index (χ3v) is 2.99. The highest BCUT2D eigenvalue weighted by atomic mass is 19.4. The van der Waals surface area contributed by atoms with Gasteiger partial charge in [-0.05, 0) is 27.2 Å². The van der Waals surface area contributed by atoms with Gasteiger partial charge in [-0.15, -0.1) is 0 Å². The van der Waals surface area contributed by atoms with Gasteiger partial charge in [-0.25, -0.2) is 9.78 Å². The minimum Gasteiger partial charge on any atom is -0.444 e. The summed E-state index contributed by atoms with van der Waals surface area (Å²) in [5.74, 6) is -1.36. The summed E-state index contributed by atoms with van der Waals surface area (Å²) in [6, 6.07) is 0. The lowest BCUT2D eigenvalue weighted by molar-refractivity contribution is -0.145. The van der Waals surface area contributed by atoms with Crippen molar-refractivity contribution in [3.8, 4) is 0 Å². The van der Waals surface area contributed by atoms with Crippen LogP contribution in [0.4, 0.5) is 18.0 Å². The van der Waals surface area contributed by atoms with Crippen molar-refractivity contribution in [2.24, 2.45) is 0 Å². The molecule has 1 aliphatic rings. The molecule has 6 nitrogen and oxygen atoms in total. The van der Waals surface area contributed by atoms with E-state index in [2.05, 4.69) is 4.98 Å². The number of alkyl halides is 3. The van der Waals surface area contributed by atoms with Crippen LogP contribution < -0.4 is 5.56 Å². The van der Waals surface area contributed by atoms with E-state index >= 15 is 0 Å². The van der Waals surface area contributed by atoms with E-state index in [1.807, 2.05) is 0 Å². The zero-order valence-corrected chi connectivity index (χ0v) is 12.4. The number of halogens is 3. The molecule has 0 saturated heterocycles. The maximum atomic E-state index is 12.7. The number of carbonyl (C=O) groups is 1. The lowest BCUT2D eigenvalue weighted by Crippen LogP contribution is -2.42. The van der Waals surface area contributed by atoms with E-state index in [1.54, 1.807) is 25.8 Å². The van der Waals surface area contributed by atoms with Crippen LogP contribution >= 0.6 is 0 Å². The molecule has 22 heavy (non-hydrogen) atoms. The van der Waals surface area contributed by atoms with Crippen LogP contribution in [0.15, 0.2) is 4.79 Å². The van der Waals surface area contributed by atoms with E-state index in [0.717, 1.165) is 0 Å². The van der Waals surface area contributed by atoms with Crippen LogP contribution in [0.5, 0.6) is 0 Å². The minimum atomic E-state index is -4.75. The van der Waals surface area contributed by atoms with Crippen LogP contribution in [0.2, 0.25) is 0 Å². The van der Waals surface area contributed by atoms with Gasteiger partial charge in [0.15, 0.2) is 0 Å². The SMILES string of the molecule is CC(C)(C)OC(=O)N1CCc2c(nc(C(F)(F)F)[nH]c2=O)C1. The molecule has 0 atom stereocenters. The predicted octanol–water partition coefficient (Wildman–Crippen LogP) is 2.08. The van der Waals surface area contributed by atoms with Gasteiger partial charge in [-0.3, -0.25) is 4.79 Å². The van der Waals surface area contributed by atoms with Gasteiger partial charge in [-0.2, -0.15) is 13.2 Å². The van der Waals surface area contributed by atoms with Crippen molar-refractivity contribution in [2.75, 3.05) is 6.54 Å². The summed E-state index contributed by atoms with van der Waals surface area (Å²) < 4.78 is 43.2. The molecule has 0 aromatic carbocycles. The number of rotatable bonds is 0. The molecule has 1 aromatic rings. The topological polar surface area (TPSA) is 75.3 Å². The Hall–Kier alpha value is -2.06. The molecule has 0 fully saturated rings. The Morgan fingerprint density at radius 1 is 1.32 bits per heavy atom. The molecule has 1 aliphatic heterocycles. The summed E-state index contributed by atoms with van der Waals surface area (Å²) in [4.78, 5) is 30.1. The van der Waals surface area contributed by atoms with Crippen LogP contribution in [0.1, 0.15) is 37.9 Å². The summed E-state index contributed by atoms with van der Waals surface area (Å²) >= 11 is 0. The molecular weight excluding hydrogens is 303 g/mol. The molecule has 0 bridgehead atoms. The lowest BCUT2D eigenvalue weighted by atomic mass is 10.1. The Labute approximate surface area is 124 Å². The molecule has 9 heteroatoms. The summed E-state index contributed by atoms with van der Waals surface area (Å²) in [7, 11) is 0. The number of nitrogens with one attached hydrogen (secondary N) is 1. The standard InChI is InChI=1S/C13H16F3N3O3/c1-12(2,3)22-11(21)19-5-4-7-8(6-19)17-10(13(14,15)16)18-9(7)20/h4-6H2,1-3H3,(H,17,18,20). The number of nitrogens with zero attached hydrogens (tertiary/aromatic N) is 2. The fraction of sp³-hybridized carbons (Fsp3) is 0.615. The number of hydrogen-bond acceptors (Lipinski definition) is 4. The van der Waals surface area contributed by atoms with Gasteiger partial charge in [0, 0.05) is 12.1 Å². The van der Waals surface area contributed by atoms with Gasteiger partial charge in [-0.1, -0.05) is 0 Å². The quantitative estimate of drug-likeness (QED) is 0.794. The molecule has 0 unspecified atom stereocenters. The summed E-state index contributed by atoms with van der Waals surface area (Å²) in [5.41, 5.74) is -1.40. The Balaban J connectivity index is 2.28. The second kappa shape index (κ2) is 5.29. The summed E-state index contributed by atoms with van der Waals surface area (Å²) in [6.07, 6.45) is -5.26. The fourth-order valence-corrected chi connectivity index (χ4v) is 2.06. The number of H-pyrrole nitrogens is 1. The van der Waals surface area contributed by atoms with E-state index in [-0.39, 0.29) is 30.8 Å². The van der Waals surface area contributed by atoms with Crippen LogP contribution in [0.3, 0.4) is 0 Å². The molecule has 1 aromatic heterocycles. The number of fused-ring (bicyclic) bond motifs is 1. The molecule has 0 saturated carbocycles. The Bertz CT molecular complexity index is 647. The van der Waals surface area contributed by atoms with Crippen LogP contribution in [0, 0.1) is 0 Å². The molecule has 0 radical (unpaired) electrons. The number of carbonyl (C=O) groups excluding carboxylic acids is 1. The highest BCUT2D eigenvalue weighted by molar-refractivity contribution is 5.68. The van der Waals surface area contributed by atoms with E-state index in [4.69, 9.17) is 4.74 Å². The Morgan fingerprint density at radius 2 is 1.95 bits per heavy atom. The summed E-state index contributed by atoms with van der Waals surface area (Å²) in [5, 5.41) is 0. The lowest BCUT2D eigenvalue weighted by Gasteiger charge is -2.30. The van der Waals surface area contributed by atoms with Crippen molar-refractivity contribution in [2.45, 2.75) is 45.5 Å². The second-order valence-corrected chi connectivity index (χ2v) is 5.99. The number of ether oxygens (including phenoxy) is 1. The smallest absolute Gasteiger partial charge is 0.444 e. The van der Waals surface area contributed by atoms with Crippen LogP contribution in [-0.2, 0) is 23.9 Å². The predicted molar refractivity (Wildman–Crippen MR) is 70.2 cm³/mol. The van der Waals surface area contributed by atoms with Crippen molar-refractivity contribution in [3.63, 3.8) is 0 Å². The normalized spacial score (nSPS) is 15.5. The highest BCUT2D eigenvalue weighted by Gasteiger charge is 2.36. The molecule has 2 heterocycles. The molecule has 1 amide bonds. The number of aromatic nitrogens is 2. The van der Waals surface area contributed by atoms with Crippen molar-refractivity contribution >= 4 is 6.09 Å². The van der Waals surface area contributed by atoms with Gasteiger partial charge < -0.3 is 14.6 Å². The molecule has 0 spiro atoms. The van der Waals surface area contributed by atoms with Gasteiger partial charge in [0.1, 0.15) is 5.60 Å². The van der Waals surface area contributed by atoms with E-state index in [1.165, 1.54) is 4.90 Å². The zero-order valence-electron chi connectivity index (χ0n) is 12.4. The maximum absolute atomic E-state index is 12.7. The van der Waals surface area contributed by atoms with Crippen LogP contribution in [-0.4, -0.2) is 33.1 Å². The first-order valence-corrected chi connectivity index (χ1v) is 6.64. The molecule has 2 rings (SSSR count). The second-order valence-electron chi connectivity index (χ2n) is 5.99. The highest BCUT2D eigenvalue weighted by Crippen LogP contribution is 2.26. The van der Waals surface area contributed by atoms with Gasteiger partial charge in [0.25, 0.3) is 5.56 Å². The minimum absolute atomic E-state index is 0.0480. The largest absolute Gasteiger partial charge is 0.449 e. The number of hydrogen-bond donors (Lipinski definition) is 1. The monoisotopic (exact) mass is 319 g/mol. The first-order chi connectivity index (χ1) is 9.97. The van der Waals surface area contributed by atoms with E-state index in [9.17, 15) is 22.8 Å². The van der Waals surface area contributed by atoms with E-state index in [0.29, 0.717) is 0 Å². The van der Waals surface area contributed by atoms with Gasteiger partial charge >= 0.3 is 12.3 Å². The van der Waals surface area contributed by atoms with E-state index < -0.39 is 29.3 Å². The van der Waals surface area contributed by atoms with Gasteiger partial charge in [0.2, 0.25) is 5.82 Å². The molecule has 122 valence electrons. The van der Waals surface area contributed by atoms with Crippen molar-refractivity contribution in [1.29, 1.82) is 0 Å². The Kier molecular flexibility index (Phi) is 3.92. The molecule has 0 aliphatic carbocycles. The third-order valence-electron chi connectivity index (χ3n) is 2.99. The first-order valence-electron chi connectivity index (χ1n) is 6.64. The number of amides is 1. The first kappa shape index (κ1) is 16.3. The van der Waals surface area contributed by atoms with Gasteiger partial charge in [0.05, 0.1) is 12.2 Å². The molecule has 1 N–H and O–H groups in total. The Morgan fingerprint density at radius 3 is 2.50 bits per heavy atom. The van der Waals surface area contributed by atoms with Crippen LogP contribution in [0.25, 0.3) is 0 Å². The van der Waals surface area contributed by atoms with Crippen molar-refractivity contribution < 1.29 is 22.7 Å². The molecular formula is C13H16F3N3O3. The fourth-order valence-electron chi connectivity index (χ4n) is 2.06.